The van der Waals surface area contributed by atoms with Gasteiger partial charge in [0.25, 0.3) is 5.69 Å². The summed E-state index contributed by atoms with van der Waals surface area (Å²) in [7, 11) is 0. The van der Waals surface area contributed by atoms with Crippen LogP contribution in [0.4, 0.5) is 11.4 Å². The van der Waals surface area contributed by atoms with E-state index >= 15 is 0 Å². The van der Waals surface area contributed by atoms with E-state index < -0.39 is 4.92 Å². The molecule has 3 rings (SSSR count). The summed E-state index contributed by atoms with van der Waals surface area (Å²) in [6, 6.07) is 16.0. The van der Waals surface area contributed by atoms with E-state index in [1.54, 1.807) is 24.4 Å². The predicted molar refractivity (Wildman–Crippen MR) is 86.1 cm³/mol. The highest BCUT2D eigenvalue weighted by Crippen LogP contribution is 2.21. The number of benzene rings is 2. The quantitative estimate of drug-likeness (QED) is 0.452. The Hall–Kier alpha value is -3.28. The highest BCUT2D eigenvalue weighted by molar-refractivity contribution is 5.91. The maximum Gasteiger partial charge on any atom is 0.278 e. The van der Waals surface area contributed by atoms with Gasteiger partial charge in [0.15, 0.2) is 0 Å². The molecule has 6 heteroatoms. The molecule has 108 valence electrons. The van der Waals surface area contributed by atoms with Crippen LogP contribution in [0.5, 0.6) is 0 Å². The first kappa shape index (κ1) is 13.7. The number of para-hydroxylation sites is 2. The lowest BCUT2D eigenvalue weighted by atomic mass is 10.2. The van der Waals surface area contributed by atoms with Gasteiger partial charge in [-0.25, -0.2) is 0 Å². The monoisotopic (exact) mass is 292 g/mol. The minimum absolute atomic E-state index is 0.0177. The smallest absolute Gasteiger partial charge is 0.276 e. The summed E-state index contributed by atoms with van der Waals surface area (Å²) < 4.78 is 0. The molecule has 22 heavy (non-hydrogen) atoms. The fraction of sp³-hybridized carbons (Fsp3) is 0. The molecule has 3 aromatic rings. The molecule has 0 aliphatic rings. The van der Waals surface area contributed by atoms with Gasteiger partial charge in [0.1, 0.15) is 0 Å². The SMILES string of the molecule is O=[N+]([O-])c1ccccc1/C=N\Nc1cccc2cccnc12. The lowest BCUT2D eigenvalue weighted by Crippen LogP contribution is -1.96. The molecule has 0 bridgehead atoms. The van der Waals surface area contributed by atoms with Crippen LogP contribution in [0.25, 0.3) is 10.9 Å². The maximum atomic E-state index is 10.9. The minimum atomic E-state index is -0.430. The van der Waals surface area contributed by atoms with Gasteiger partial charge in [-0.05, 0) is 18.2 Å². The molecule has 0 atom stereocenters. The number of nitrogens with zero attached hydrogens (tertiary/aromatic N) is 3. The van der Waals surface area contributed by atoms with Crippen LogP contribution in [0.1, 0.15) is 5.56 Å². The predicted octanol–water partition coefficient (Wildman–Crippen LogP) is 3.59. The Bertz CT molecular complexity index is 856. The number of anilines is 1. The molecule has 0 saturated heterocycles. The largest absolute Gasteiger partial charge is 0.278 e. The Labute approximate surface area is 126 Å². The summed E-state index contributed by atoms with van der Waals surface area (Å²) in [6.45, 7) is 0. The number of fused-ring (bicyclic) bond motifs is 1. The lowest BCUT2D eigenvalue weighted by molar-refractivity contribution is -0.385. The van der Waals surface area contributed by atoms with Crippen molar-refractivity contribution in [3.05, 3.63) is 76.5 Å². The molecule has 2 aromatic carbocycles. The molecule has 0 radical (unpaired) electrons. The van der Waals surface area contributed by atoms with E-state index in [9.17, 15) is 10.1 Å². The second kappa shape index (κ2) is 6.01. The van der Waals surface area contributed by atoms with Crippen LogP contribution in [0, 0.1) is 10.1 Å². The number of hydrogen-bond acceptors (Lipinski definition) is 5. The third kappa shape index (κ3) is 2.76. The molecule has 0 fully saturated rings. The van der Waals surface area contributed by atoms with Gasteiger partial charge in [-0.2, -0.15) is 5.10 Å². The first-order valence-electron chi connectivity index (χ1n) is 6.62. The number of aromatic nitrogens is 1. The van der Waals surface area contributed by atoms with E-state index in [-0.39, 0.29) is 5.69 Å². The van der Waals surface area contributed by atoms with Gasteiger partial charge in [-0.15, -0.1) is 0 Å². The molecule has 0 saturated carbocycles. The molecule has 0 aliphatic heterocycles. The number of hydrogen-bond donors (Lipinski definition) is 1. The molecule has 0 amide bonds. The zero-order valence-electron chi connectivity index (χ0n) is 11.5. The number of hydrazone groups is 1. The number of nitro benzene ring substituents is 1. The molecule has 1 N–H and O–H groups in total. The van der Waals surface area contributed by atoms with Gasteiger partial charge in [0, 0.05) is 17.6 Å². The third-order valence-electron chi connectivity index (χ3n) is 3.15. The van der Waals surface area contributed by atoms with E-state index in [1.165, 1.54) is 12.3 Å². The van der Waals surface area contributed by atoms with Gasteiger partial charge < -0.3 is 0 Å². The summed E-state index contributed by atoms with van der Waals surface area (Å²) in [5, 5.41) is 16.0. The Morgan fingerprint density at radius 2 is 1.91 bits per heavy atom. The van der Waals surface area contributed by atoms with Gasteiger partial charge in [-0.3, -0.25) is 20.5 Å². The Morgan fingerprint density at radius 3 is 2.77 bits per heavy atom. The summed E-state index contributed by atoms with van der Waals surface area (Å²) in [5.41, 5.74) is 4.88. The highest BCUT2D eigenvalue weighted by atomic mass is 16.6. The normalized spacial score (nSPS) is 10.9. The molecule has 0 aliphatic carbocycles. The molecule has 1 heterocycles. The van der Waals surface area contributed by atoms with E-state index in [0.717, 1.165) is 16.6 Å². The minimum Gasteiger partial charge on any atom is -0.276 e. The van der Waals surface area contributed by atoms with Crippen LogP contribution in [0.15, 0.2) is 65.9 Å². The second-order valence-electron chi connectivity index (χ2n) is 4.57. The van der Waals surface area contributed by atoms with Gasteiger partial charge in [-0.1, -0.05) is 30.3 Å². The molecule has 0 unspecified atom stereocenters. The number of pyridine rings is 1. The van der Waals surface area contributed by atoms with E-state index in [0.29, 0.717) is 5.56 Å². The molecule has 1 aromatic heterocycles. The van der Waals surface area contributed by atoms with E-state index in [2.05, 4.69) is 15.5 Å². The third-order valence-corrected chi connectivity index (χ3v) is 3.15. The van der Waals surface area contributed by atoms with Gasteiger partial charge in [0.2, 0.25) is 0 Å². The van der Waals surface area contributed by atoms with Crippen LogP contribution in [-0.4, -0.2) is 16.1 Å². The summed E-state index contributed by atoms with van der Waals surface area (Å²) >= 11 is 0. The lowest BCUT2D eigenvalue weighted by Gasteiger charge is -2.04. The topological polar surface area (TPSA) is 80.4 Å². The van der Waals surface area contributed by atoms with Crippen LogP contribution < -0.4 is 5.43 Å². The average molecular weight is 292 g/mol. The second-order valence-corrected chi connectivity index (χ2v) is 4.57. The standard InChI is InChI=1S/C16H12N4O2/c21-20(22)15-9-2-1-5-13(15)11-18-19-14-8-3-6-12-7-4-10-17-16(12)14/h1-11,19H/b18-11-. The van der Waals surface area contributed by atoms with E-state index in [4.69, 9.17) is 0 Å². The van der Waals surface area contributed by atoms with Crippen molar-refractivity contribution in [1.82, 2.24) is 4.98 Å². The van der Waals surface area contributed by atoms with Crippen molar-refractivity contribution in [2.24, 2.45) is 5.10 Å². The van der Waals surface area contributed by atoms with Gasteiger partial charge in [0.05, 0.1) is 27.9 Å². The van der Waals surface area contributed by atoms with Crippen molar-refractivity contribution < 1.29 is 4.92 Å². The van der Waals surface area contributed by atoms with Crippen molar-refractivity contribution in [2.75, 3.05) is 5.43 Å². The maximum absolute atomic E-state index is 10.9. The fourth-order valence-electron chi connectivity index (χ4n) is 2.13. The Morgan fingerprint density at radius 1 is 1.09 bits per heavy atom. The zero-order chi connectivity index (χ0) is 15.4. The van der Waals surface area contributed by atoms with Crippen molar-refractivity contribution >= 4 is 28.5 Å². The zero-order valence-corrected chi connectivity index (χ0v) is 11.5. The van der Waals surface area contributed by atoms with Crippen molar-refractivity contribution in [2.45, 2.75) is 0 Å². The first-order valence-corrected chi connectivity index (χ1v) is 6.62. The van der Waals surface area contributed by atoms with Crippen LogP contribution in [-0.2, 0) is 0 Å². The summed E-state index contributed by atoms with van der Waals surface area (Å²) in [6.07, 6.45) is 3.14. The highest BCUT2D eigenvalue weighted by Gasteiger charge is 2.09. The van der Waals surface area contributed by atoms with Crippen LogP contribution in [0.2, 0.25) is 0 Å². The number of nitrogens with one attached hydrogen (secondary N) is 1. The molecule has 0 spiro atoms. The van der Waals surface area contributed by atoms with Crippen molar-refractivity contribution in [3.8, 4) is 0 Å². The average Bonchev–Trinajstić information content (AvgIpc) is 2.55. The van der Waals surface area contributed by atoms with Crippen LogP contribution >= 0.6 is 0 Å². The number of nitro groups is 1. The van der Waals surface area contributed by atoms with Gasteiger partial charge >= 0.3 is 0 Å². The van der Waals surface area contributed by atoms with E-state index in [1.807, 2.05) is 30.3 Å². The Balaban J connectivity index is 1.87. The number of rotatable bonds is 4. The molecular weight excluding hydrogens is 280 g/mol. The van der Waals surface area contributed by atoms with Crippen LogP contribution in [0.3, 0.4) is 0 Å². The molecular formula is C16H12N4O2. The van der Waals surface area contributed by atoms with Crippen molar-refractivity contribution in [3.63, 3.8) is 0 Å². The Kier molecular flexibility index (Phi) is 3.74. The van der Waals surface area contributed by atoms with Crippen molar-refractivity contribution in [1.29, 1.82) is 0 Å². The summed E-state index contributed by atoms with van der Waals surface area (Å²) in [5.74, 6) is 0. The summed E-state index contributed by atoms with van der Waals surface area (Å²) in [4.78, 5) is 14.8. The molecule has 6 nitrogen and oxygen atoms in total. The fourth-order valence-corrected chi connectivity index (χ4v) is 2.13. The first-order chi connectivity index (χ1) is 10.8.